The van der Waals surface area contributed by atoms with Crippen molar-refractivity contribution >= 4 is 21.4 Å². The van der Waals surface area contributed by atoms with Crippen molar-refractivity contribution in [1.82, 2.24) is 14.7 Å². The standard InChI is InChI=1S/C17H17N3O2S2/c1-13-4-2-5-14(8-13)12-24(21,22)19-10-17-20-16(11-23-17)15-6-3-7-18-9-15/h2-9,11,19H,10,12H2,1H3. The first kappa shape index (κ1) is 16.8. The fourth-order valence-electron chi connectivity index (χ4n) is 2.28. The average molecular weight is 359 g/mol. The van der Waals surface area contributed by atoms with Crippen molar-refractivity contribution in [2.24, 2.45) is 0 Å². The Morgan fingerprint density at radius 3 is 2.83 bits per heavy atom. The highest BCUT2D eigenvalue weighted by atomic mass is 32.2. The number of thiazole rings is 1. The molecule has 0 unspecified atom stereocenters. The summed E-state index contributed by atoms with van der Waals surface area (Å²) in [6.45, 7) is 2.14. The molecule has 3 aromatic rings. The van der Waals surface area contributed by atoms with Crippen LogP contribution in [0.1, 0.15) is 16.1 Å². The van der Waals surface area contributed by atoms with Crippen LogP contribution < -0.4 is 4.72 Å². The van der Waals surface area contributed by atoms with Crippen LogP contribution in [0, 0.1) is 6.92 Å². The Labute approximate surface area is 145 Å². The predicted octanol–water partition coefficient (Wildman–Crippen LogP) is 3.13. The van der Waals surface area contributed by atoms with Gasteiger partial charge in [-0.05, 0) is 24.6 Å². The second-order valence-corrected chi connectivity index (χ2v) is 8.19. The molecule has 0 bridgehead atoms. The molecular formula is C17H17N3O2S2. The van der Waals surface area contributed by atoms with Gasteiger partial charge in [-0.15, -0.1) is 11.3 Å². The number of nitrogens with zero attached hydrogens (tertiary/aromatic N) is 2. The van der Waals surface area contributed by atoms with Crippen molar-refractivity contribution < 1.29 is 8.42 Å². The monoisotopic (exact) mass is 359 g/mol. The van der Waals surface area contributed by atoms with E-state index < -0.39 is 10.0 Å². The molecule has 0 aliphatic carbocycles. The lowest BCUT2D eigenvalue weighted by Crippen LogP contribution is -2.24. The molecule has 0 aliphatic rings. The molecule has 124 valence electrons. The van der Waals surface area contributed by atoms with Crippen LogP contribution in [0.5, 0.6) is 0 Å². The van der Waals surface area contributed by atoms with Gasteiger partial charge in [-0.2, -0.15) is 0 Å². The van der Waals surface area contributed by atoms with Gasteiger partial charge in [-0.25, -0.2) is 18.1 Å². The largest absolute Gasteiger partial charge is 0.264 e. The Balaban J connectivity index is 1.64. The molecule has 2 heterocycles. The number of benzene rings is 1. The van der Waals surface area contributed by atoms with Crippen LogP contribution in [0.4, 0.5) is 0 Å². The number of nitrogens with one attached hydrogen (secondary N) is 1. The van der Waals surface area contributed by atoms with E-state index in [0.717, 1.165) is 27.4 Å². The van der Waals surface area contributed by atoms with Crippen molar-refractivity contribution in [2.45, 2.75) is 19.2 Å². The van der Waals surface area contributed by atoms with Crippen LogP contribution in [-0.4, -0.2) is 18.4 Å². The van der Waals surface area contributed by atoms with Gasteiger partial charge < -0.3 is 0 Å². The van der Waals surface area contributed by atoms with Crippen LogP contribution in [0.2, 0.25) is 0 Å². The maximum Gasteiger partial charge on any atom is 0.216 e. The summed E-state index contributed by atoms with van der Waals surface area (Å²) in [4.78, 5) is 8.52. The quantitative estimate of drug-likeness (QED) is 0.734. The average Bonchev–Trinajstić information content (AvgIpc) is 3.03. The second kappa shape index (κ2) is 7.21. The van der Waals surface area contributed by atoms with Crippen molar-refractivity contribution in [3.8, 4) is 11.3 Å². The van der Waals surface area contributed by atoms with Crippen LogP contribution in [0.25, 0.3) is 11.3 Å². The van der Waals surface area contributed by atoms with E-state index in [-0.39, 0.29) is 12.3 Å². The molecule has 0 amide bonds. The minimum atomic E-state index is -3.40. The van der Waals surface area contributed by atoms with E-state index in [1.807, 2.05) is 48.7 Å². The fourth-order valence-corrected chi connectivity index (χ4v) is 4.19. The molecular weight excluding hydrogens is 342 g/mol. The fraction of sp³-hybridized carbons (Fsp3) is 0.176. The Morgan fingerprint density at radius 2 is 2.08 bits per heavy atom. The summed E-state index contributed by atoms with van der Waals surface area (Å²) in [5, 5.41) is 2.63. The Bertz CT molecular complexity index is 922. The lowest BCUT2D eigenvalue weighted by molar-refractivity contribution is 0.580. The van der Waals surface area contributed by atoms with E-state index in [4.69, 9.17) is 0 Å². The zero-order chi connectivity index (χ0) is 17.0. The molecule has 0 aliphatic heterocycles. The second-order valence-electron chi connectivity index (χ2n) is 5.44. The molecule has 1 aromatic carbocycles. The van der Waals surface area contributed by atoms with E-state index in [0.29, 0.717) is 0 Å². The van der Waals surface area contributed by atoms with Crippen LogP contribution in [0.3, 0.4) is 0 Å². The summed E-state index contributed by atoms with van der Waals surface area (Å²) >= 11 is 1.43. The molecule has 0 saturated heterocycles. The molecule has 0 radical (unpaired) electrons. The molecule has 2 aromatic heterocycles. The first-order valence-electron chi connectivity index (χ1n) is 7.39. The molecule has 1 N–H and O–H groups in total. The SMILES string of the molecule is Cc1cccc(CS(=O)(=O)NCc2nc(-c3cccnc3)cs2)c1. The molecule has 5 nitrogen and oxygen atoms in total. The Morgan fingerprint density at radius 1 is 1.21 bits per heavy atom. The van der Waals surface area contributed by atoms with Gasteiger partial charge in [0.25, 0.3) is 0 Å². The third-order valence-corrected chi connectivity index (χ3v) is 5.54. The minimum Gasteiger partial charge on any atom is -0.264 e. The zero-order valence-electron chi connectivity index (χ0n) is 13.1. The summed E-state index contributed by atoms with van der Waals surface area (Å²) in [5.41, 5.74) is 3.55. The summed E-state index contributed by atoms with van der Waals surface area (Å²) in [7, 11) is -3.40. The van der Waals surface area contributed by atoms with Crippen molar-refractivity contribution in [2.75, 3.05) is 0 Å². The van der Waals surface area contributed by atoms with Gasteiger partial charge in [0, 0.05) is 23.3 Å². The summed E-state index contributed by atoms with van der Waals surface area (Å²) in [6.07, 6.45) is 3.44. The van der Waals surface area contributed by atoms with E-state index in [9.17, 15) is 8.42 Å². The molecule has 0 fully saturated rings. The molecule has 0 atom stereocenters. The van der Waals surface area contributed by atoms with Crippen LogP contribution in [0.15, 0.2) is 54.2 Å². The highest BCUT2D eigenvalue weighted by Crippen LogP contribution is 2.21. The van der Waals surface area contributed by atoms with Crippen LogP contribution in [-0.2, 0) is 22.3 Å². The number of aryl methyl sites for hydroxylation is 1. The number of aromatic nitrogens is 2. The Kier molecular flexibility index (Phi) is 5.03. The van der Waals surface area contributed by atoms with Gasteiger partial charge in [0.1, 0.15) is 5.01 Å². The van der Waals surface area contributed by atoms with Gasteiger partial charge in [0.15, 0.2) is 0 Å². The Hall–Kier alpha value is -2.09. The molecule has 3 rings (SSSR count). The normalized spacial score (nSPS) is 11.5. The van der Waals surface area contributed by atoms with E-state index in [1.54, 1.807) is 12.4 Å². The first-order chi connectivity index (χ1) is 11.5. The predicted molar refractivity (Wildman–Crippen MR) is 96.0 cm³/mol. The van der Waals surface area contributed by atoms with E-state index in [2.05, 4.69) is 14.7 Å². The van der Waals surface area contributed by atoms with Crippen molar-refractivity contribution in [3.05, 3.63) is 70.3 Å². The lowest BCUT2D eigenvalue weighted by Gasteiger charge is -2.06. The maximum atomic E-state index is 12.2. The summed E-state index contributed by atoms with van der Waals surface area (Å²) < 4.78 is 27.0. The van der Waals surface area contributed by atoms with Crippen molar-refractivity contribution in [1.29, 1.82) is 0 Å². The van der Waals surface area contributed by atoms with Gasteiger partial charge >= 0.3 is 0 Å². The minimum absolute atomic E-state index is 0.0322. The van der Waals surface area contributed by atoms with Gasteiger partial charge in [-0.3, -0.25) is 4.98 Å². The van der Waals surface area contributed by atoms with Gasteiger partial charge in [0.05, 0.1) is 18.0 Å². The zero-order valence-corrected chi connectivity index (χ0v) is 14.8. The third kappa shape index (κ3) is 4.47. The maximum absolute atomic E-state index is 12.2. The topological polar surface area (TPSA) is 72.0 Å². The molecule has 7 heteroatoms. The van der Waals surface area contributed by atoms with E-state index >= 15 is 0 Å². The number of hydrogen-bond acceptors (Lipinski definition) is 5. The third-order valence-electron chi connectivity index (χ3n) is 3.39. The van der Waals surface area contributed by atoms with Gasteiger partial charge in [-0.1, -0.05) is 29.8 Å². The number of sulfonamides is 1. The number of hydrogen-bond donors (Lipinski definition) is 1. The summed E-state index contributed by atoms with van der Waals surface area (Å²) in [6, 6.07) is 11.3. The van der Waals surface area contributed by atoms with Crippen LogP contribution >= 0.6 is 11.3 Å². The highest BCUT2D eigenvalue weighted by Gasteiger charge is 2.13. The lowest BCUT2D eigenvalue weighted by atomic mass is 10.2. The first-order valence-corrected chi connectivity index (χ1v) is 9.93. The molecule has 0 saturated carbocycles. The molecule has 24 heavy (non-hydrogen) atoms. The highest BCUT2D eigenvalue weighted by molar-refractivity contribution is 7.88. The summed E-state index contributed by atoms with van der Waals surface area (Å²) in [5.74, 6) is -0.0322. The van der Waals surface area contributed by atoms with Crippen molar-refractivity contribution in [3.63, 3.8) is 0 Å². The number of rotatable bonds is 6. The van der Waals surface area contributed by atoms with Gasteiger partial charge in [0.2, 0.25) is 10.0 Å². The molecule has 0 spiro atoms. The smallest absolute Gasteiger partial charge is 0.216 e. The van der Waals surface area contributed by atoms with E-state index in [1.165, 1.54) is 11.3 Å². The number of pyridine rings is 1.